The molecule has 2 aromatic carbocycles. The topological polar surface area (TPSA) is 131 Å². The van der Waals surface area contributed by atoms with Gasteiger partial charge in [0, 0.05) is 29.1 Å². The molecule has 5 aromatic rings. The Hall–Kier alpha value is -4.55. The summed E-state index contributed by atoms with van der Waals surface area (Å²) in [5, 5.41) is 28.5. The van der Waals surface area contributed by atoms with Gasteiger partial charge >= 0.3 is 6.09 Å². The van der Waals surface area contributed by atoms with Crippen molar-refractivity contribution in [2.75, 3.05) is 23.8 Å². The summed E-state index contributed by atoms with van der Waals surface area (Å²) in [6.07, 6.45) is 5.37. The average molecular weight is 545 g/mol. The predicted octanol–water partition coefficient (Wildman–Crippen LogP) is 3.98. The van der Waals surface area contributed by atoms with E-state index in [9.17, 15) is 14.3 Å². The molecule has 6 rings (SSSR count). The maximum atomic E-state index is 13.6. The lowest BCUT2D eigenvalue weighted by molar-refractivity contribution is 0.0680. The van der Waals surface area contributed by atoms with E-state index in [1.54, 1.807) is 23.0 Å². The van der Waals surface area contributed by atoms with Crippen LogP contribution in [-0.2, 0) is 11.3 Å². The Morgan fingerprint density at radius 1 is 1.25 bits per heavy atom. The molecule has 11 nitrogen and oxygen atoms in total. The minimum atomic E-state index is -0.550. The van der Waals surface area contributed by atoms with Gasteiger partial charge in [0.25, 0.3) is 0 Å². The first-order valence-electron chi connectivity index (χ1n) is 13.1. The number of aryl methyl sites for hydroxylation is 1. The average Bonchev–Trinajstić information content (AvgIpc) is 3.49. The van der Waals surface area contributed by atoms with Crippen molar-refractivity contribution in [1.29, 1.82) is 0 Å². The minimum absolute atomic E-state index is 0.00407. The molecule has 12 heteroatoms. The van der Waals surface area contributed by atoms with E-state index < -0.39 is 6.09 Å². The number of fused-ring (bicyclic) bond motifs is 2. The largest absolute Gasteiger partial charge is 0.446 e. The fourth-order valence-corrected chi connectivity index (χ4v) is 5.12. The molecule has 0 saturated carbocycles. The van der Waals surface area contributed by atoms with Crippen LogP contribution in [0.25, 0.3) is 16.4 Å². The van der Waals surface area contributed by atoms with Crippen molar-refractivity contribution in [3.8, 4) is 0 Å². The van der Waals surface area contributed by atoms with Gasteiger partial charge in [-0.1, -0.05) is 12.1 Å². The molecule has 1 amide bonds. The number of anilines is 3. The Bertz CT molecular complexity index is 1680. The lowest BCUT2D eigenvalue weighted by atomic mass is 10.0. The highest BCUT2D eigenvalue weighted by molar-refractivity contribution is 5.91. The first-order chi connectivity index (χ1) is 19.5. The van der Waals surface area contributed by atoms with E-state index >= 15 is 0 Å². The van der Waals surface area contributed by atoms with Crippen LogP contribution in [0.3, 0.4) is 0 Å². The summed E-state index contributed by atoms with van der Waals surface area (Å²) in [5.74, 6) is 0.301. The van der Waals surface area contributed by atoms with Gasteiger partial charge in [0.2, 0.25) is 0 Å². The van der Waals surface area contributed by atoms with Crippen LogP contribution < -0.4 is 16.0 Å². The van der Waals surface area contributed by atoms with Crippen molar-refractivity contribution in [3.05, 3.63) is 78.1 Å². The van der Waals surface area contributed by atoms with Gasteiger partial charge in [-0.15, -0.1) is 0 Å². The number of aromatic nitrogens is 5. The van der Waals surface area contributed by atoms with Crippen molar-refractivity contribution < 1.29 is 19.0 Å². The van der Waals surface area contributed by atoms with E-state index in [1.165, 1.54) is 18.5 Å². The zero-order valence-corrected chi connectivity index (χ0v) is 21.8. The summed E-state index contributed by atoms with van der Waals surface area (Å²) in [5.41, 5.74) is 4.61. The lowest BCUT2D eigenvalue weighted by Gasteiger charge is -2.28. The maximum absolute atomic E-state index is 13.6. The second-order valence-electron chi connectivity index (χ2n) is 9.91. The van der Waals surface area contributed by atoms with Crippen LogP contribution >= 0.6 is 0 Å². The highest BCUT2D eigenvalue weighted by atomic mass is 19.1. The molecule has 40 heavy (non-hydrogen) atoms. The number of benzene rings is 2. The summed E-state index contributed by atoms with van der Waals surface area (Å²) in [4.78, 5) is 17.1. The highest BCUT2D eigenvalue weighted by Crippen LogP contribution is 2.30. The van der Waals surface area contributed by atoms with E-state index in [0.29, 0.717) is 43.0 Å². The molecule has 4 heterocycles. The van der Waals surface area contributed by atoms with Gasteiger partial charge in [-0.2, -0.15) is 10.2 Å². The standard InChI is InChI=1S/C28H29FN8O3/c1-17-24(35-28(39)40-23-7-8-30-22(11-23)15-38)14-37-26(17)27(31-16-33-37)34-21-5-6-25-19(10-21)12-32-36(25)13-18-3-2-4-20(29)9-18/h2-6,9-10,12,14,16,22-23,30,38H,7-8,11,13,15H2,1H3,(H,35,39)(H,31,33,34)/t22-,23-/m1/s1. The normalized spacial score (nSPS) is 17.3. The molecule has 3 aromatic heterocycles. The Morgan fingerprint density at radius 3 is 3.00 bits per heavy atom. The van der Waals surface area contributed by atoms with E-state index in [4.69, 9.17) is 4.74 Å². The summed E-state index contributed by atoms with van der Waals surface area (Å²) in [6.45, 7) is 3.03. The van der Waals surface area contributed by atoms with Gasteiger partial charge in [-0.25, -0.2) is 18.7 Å². The smallest absolute Gasteiger partial charge is 0.411 e. The number of hydrogen-bond acceptors (Lipinski definition) is 8. The molecular weight excluding hydrogens is 515 g/mol. The fraction of sp³-hybridized carbons (Fsp3) is 0.286. The van der Waals surface area contributed by atoms with Crippen LogP contribution in [0.5, 0.6) is 0 Å². The number of amides is 1. The van der Waals surface area contributed by atoms with Gasteiger partial charge in [0.1, 0.15) is 23.8 Å². The Balaban J connectivity index is 1.19. The molecule has 0 unspecified atom stereocenters. The van der Waals surface area contributed by atoms with Crippen molar-refractivity contribution in [3.63, 3.8) is 0 Å². The Morgan fingerprint density at radius 2 is 2.15 bits per heavy atom. The number of halogens is 1. The first kappa shape index (κ1) is 25.7. The number of carbonyl (C=O) groups excluding carboxylic acids is 1. The predicted molar refractivity (Wildman–Crippen MR) is 148 cm³/mol. The van der Waals surface area contributed by atoms with Crippen molar-refractivity contribution in [1.82, 2.24) is 29.7 Å². The van der Waals surface area contributed by atoms with E-state index in [0.717, 1.165) is 27.7 Å². The third-order valence-electron chi connectivity index (χ3n) is 7.13. The monoisotopic (exact) mass is 544 g/mol. The number of rotatable bonds is 7. The lowest BCUT2D eigenvalue weighted by Crippen LogP contribution is -2.44. The number of hydrogen-bond donors (Lipinski definition) is 4. The van der Waals surface area contributed by atoms with E-state index in [1.807, 2.05) is 35.9 Å². The highest BCUT2D eigenvalue weighted by Gasteiger charge is 2.24. The summed E-state index contributed by atoms with van der Waals surface area (Å²) >= 11 is 0. The third kappa shape index (κ3) is 5.31. The van der Waals surface area contributed by atoms with Gasteiger partial charge in [-0.05, 0) is 55.8 Å². The number of piperidine rings is 1. The summed E-state index contributed by atoms with van der Waals surface area (Å²) in [6, 6.07) is 12.3. The van der Waals surface area contributed by atoms with Crippen LogP contribution in [0.2, 0.25) is 0 Å². The van der Waals surface area contributed by atoms with Gasteiger partial charge in [0.15, 0.2) is 5.82 Å². The summed E-state index contributed by atoms with van der Waals surface area (Å²) < 4.78 is 22.7. The number of nitrogens with zero attached hydrogens (tertiary/aromatic N) is 5. The van der Waals surface area contributed by atoms with Crippen molar-refractivity contribution >= 4 is 39.7 Å². The SMILES string of the molecule is Cc1c(NC(=O)O[C@@H]2CCN[C@@H](CO)C2)cn2ncnc(Nc3ccc4c(cnn4Cc4cccc(F)c4)c3)c12. The zero-order valence-electron chi connectivity index (χ0n) is 21.8. The first-order valence-corrected chi connectivity index (χ1v) is 13.1. The molecule has 1 aliphatic rings. The molecular formula is C28H29FN8O3. The van der Waals surface area contributed by atoms with Gasteiger partial charge in [0.05, 0.1) is 36.7 Å². The number of aliphatic hydroxyl groups excluding tert-OH is 1. The number of aliphatic hydroxyl groups is 1. The van der Waals surface area contributed by atoms with E-state index in [-0.39, 0.29) is 24.6 Å². The Kier molecular flexibility index (Phi) is 7.01. The third-order valence-corrected chi connectivity index (χ3v) is 7.13. The minimum Gasteiger partial charge on any atom is -0.446 e. The molecule has 0 bridgehead atoms. The zero-order chi connectivity index (χ0) is 27.6. The molecule has 1 fully saturated rings. The molecule has 0 spiro atoms. The fourth-order valence-electron chi connectivity index (χ4n) is 5.12. The van der Waals surface area contributed by atoms with Crippen LogP contribution in [-0.4, -0.2) is 60.9 Å². The van der Waals surface area contributed by atoms with Crippen LogP contribution in [0.15, 0.2) is 61.2 Å². The molecule has 4 N–H and O–H groups in total. The molecule has 1 aliphatic heterocycles. The van der Waals surface area contributed by atoms with Gasteiger partial charge < -0.3 is 20.5 Å². The van der Waals surface area contributed by atoms with Crippen LogP contribution in [0.1, 0.15) is 24.0 Å². The van der Waals surface area contributed by atoms with Crippen molar-refractivity contribution in [2.24, 2.45) is 0 Å². The Labute approximate surface area is 229 Å². The maximum Gasteiger partial charge on any atom is 0.411 e. The second kappa shape index (κ2) is 10.9. The molecule has 1 saturated heterocycles. The molecule has 0 radical (unpaired) electrons. The van der Waals surface area contributed by atoms with Gasteiger partial charge in [-0.3, -0.25) is 10.00 Å². The quantitative estimate of drug-likeness (QED) is 0.242. The van der Waals surface area contributed by atoms with E-state index in [2.05, 4.69) is 31.1 Å². The second-order valence-corrected chi connectivity index (χ2v) is 9.91. The van der Waals surface area contributed by atoms with Crippen LogP contribution in [0.4, 0.5) is 26.4 Å². The summed E-state index contributed by atoms with van der Waals surface area (Å²) in [7, 11) is 0. The molecule has 2 atom stereocenters. The number of ether oxygens (including phenoxy) is 1. The molecule has 206 valence electrons. The number of carbonyl (C=O) groups is 1. The molecule has 0 aliphatic carbocycles. The van der Waals surface area contributed by atoms with Crippen molar-refractivity contribution in [2.45, 2.75) is 38.5 Å². The van der Waals surface area contributed by atoms with Crippen LogP contribution in [0, 0.1) is 12.7 Å². The number of nitrogens with one attached hydrogen (secondary N) is 3.